The van der Waals surface area contributed by atoms with E-state index in [9.17, 15) is 0 Å². The van der Waals surface area contributed by atoms with Gasteiger partial charge < -0.3 is 15.0 Å². The van der Waals surface area contributed by atoms with Gasteiger partial charge in [0.15, 0.2) is 5.11 Å². The largest absolute Gasteiger partial charge is 0.496 e. The zero-order valence-electron chi connectivity index (χ0n) is 13.8. The van der Waals surface area contributed by atoms with Crippen LogP contribution in [-0.2, 0) is 6.54 Å². The average molecular weight is 349 g/mol. The van der Waals surface area contributed by atoms with Gasteiger partial charge in [-0.25, -0.2) is 0 Å². The van der Waals surface area contributed by atoms with Crippen molar-refractivity contribution in [1.82, 2.24) is 4.90 Å². The number of aryl methyl sites for hydroxylation is 2. The van der Waals surface area contributed by atoms with Crippen molar-refractivity contribution >= 4 is 34.6 Å². The first-order valence-corrected chi connectivity index (χ1v) is 8.10. The van der Waals surface area contributed by atoms with Crippen LogP contribution in [0.2, 0.25) is 5.02 Å². The minimum absolute atomic E-state index is 0.611. The van der Waals surface area contributed by atoms with Crippen LogP contribution in [0.1, 0.15) is 16.7 Å². The van der Waals surface area contributed by atoms with Gasteiger partial charge in [-0.2, -0.15) is 0 Å². The number of methoxy groups -OCH3 is 1. The average Bonchev–Trinajstić information content (AvgIpc) is 2.46. The molecule has 0 spiro atoms. The normalized spacial score (nSPS) is 10.3. The summed E-state index contributed by atoms with van der Waals surface area (Å²) in [6, 6.07) is 11.9. The standard InChI is InChI=1S/C18H21ClN2OS/c1-12-7-13(2)9-16(8-12)20-18(23)21(3)11-14-10-15(19)5-6-17(14)22-4/h5-10H,11H2,1-4H3,(H,20,23). The van der Waals surface area contributed by atoms with Gasteiger partial charge in [0.25, 0.3) is 0 Å². The number of rotatable bonds is 4. The summed E-state index contributed by atoms with van der Waals surface area (Å²) in [6.07, 6.45) is 0. The van der Waals surface area contributed by atoms with Crippen LogP contribution in [-0.4, -0.2) is 24.2 Å². The summed E-state index contributed by atoms with van der Waals surface area (Å²) in [5.41, 5.74) is 4.40. The number of hydrogen-bond acceptors (Lipinski definition) is 2. The first kappa shape index (κ1) is 17.6. The van der Waals surface area contributed by atoms with E-state index in [0.29, 0.717) is 16.7 Å². The number of halogens is 1. The monoisotopic (exact) mass is 348 g/mol. The number of hydrogen-bond donors (Lipinski definition) is 1. The lowest BCUT2D eigenvalue weighted by atomic mass is 10.1. The molecule has 0 atom stereocenters. The predicted molar refractivity (Wildman–Crippen MR) is 102 cm³/mol. The van der Waals surface area contributed by atoms with E-state index in [2.05, 4.69) is 37.4 Å². The zero-order valence-corrected chi connectivity index (χ0v) is 15.4. The van der Waals surface area contributed by atoms with Gasteiger partial charge in [-0.1, -0.05) is 17.7 Å². The van der Waals surface area contributed by atoms with Crippen LogP contribution in [0.25, 0.3) is 0 Å². The van der Waals surface area contributed by atoms with E-state index < -0.39 is 0 Å². The molecule has 0 radical (unpaired) electrons. The Morgan fingerprint density at radius 2 is 1.83 bits per heavy atom. The Balaban J connectivity index is 2.09. The fraction of sp³-hybridized carbons (Fsp3) is 0.278. The maximum atomic E-state index is 6.08. The molecule has 0 aliphatic heterocycles. The van der Waals surface area contributed by atoms with Crippen LogP contribution < -0.4 is 10.1 Å². The molecule has 23 heavy (non-hydrogen) atoms. The van der Waals surface area contributed by atoms with E-state index >= 15 is 0 Å². The van der Waals surface area contributed by atoms with Crippen molar-refractivity contribution in [1.29, 1.82) is 0 Å². The summed E-state index contributed by atoms with van der Waals surface area (Å²) in [4.78, 5) is 1.96. The molecule has 2 aromatic carbocycles. The fourth-order valence-electron chi connectivity index (χ4n) is 2.46. The maximum Gasteiger partial charge on any atom is 0.173 e. The van der Waals surface area contributed by atoms with Crippen LogP contribution in [0.5, 0.6) is 5.75 Å². The molecule has 0 fully saturated rings. The molecule has 122 valence electrons. The Morgan fingerprint density at radius 1 is 1.17 bits per heavy atom. The number of nitrogens with zero attached hydrogens (tertiary/aromatic N) is 1. The van der Waals surface area contributed by atoms with Crippen molar-refractivity contribution in [3.8, 4) is 5.75 Å². The molecule has 0 saturated heterocycles. The van der Waals surface area contributed by atoms with Gasteiger partial charge in [-0.15, -0.1) is 0 Å². The van der Waals surface area contributed by atoms with Crippen molar-refractivity contribution in [3.05, 3.63) is 58.1 Å². The first-order valence-electron chi connectivity index (χ1n) is 7.32. The third-order valence-corrected chi connectivity index (χ3v) is 4.12. The minimum atomic E-state index is 0.611. The Morgan fingerprint density at radius 3 is 2.43 bits per heavy atom. The van der Waals surface area contributed by atoms with Crippen LogP contribution in [0, 0.1) is 13.8 Å². The Labute approximate surface area is 148 Å². The molecule has 0 aromatic heterocycles. The molecule has 3 nitrogen and oxygen atoms in total. The fourth-order valence-corrected chi connectivity index (χ4v) is 2.84. The molecule has 5 heteroatoms. The lowest BCUT2D eigenvalue weighted by molar-refractivity contribution is 0.399. The second kappa shape index (κ2) is 7.66. The second-order valence-corrected chi connectivity index (χ2v) is 6.44. The lowest BCUT2D eigenvalue weighted by Gasteiger charge is -2.22. The van der Waals surface area contributed by atoms with Gasteiger partial charge in [0, 0.05) is 29.9 Å². The van der Waals surface area contributed by atoms with Crippen LogP contribution >= 0.6 is 23.8 Å². The highest BCUT2D eigenvalue weighted by Gasteiger charge is 2.10. The topological polar surface area (TPSA) is 24.5 Å². The van der Waals surface area contributed by atoms with Crippen molar-refractivity contribution in [3.63, 3.8) is 0 Å². The van der Waals surface area contributed by atoms with Crippen LogP contribution in [0.3, 0.4) is 0 Å². The molecular formula is C18H21ClN2OS. The number of anilines is 1. The molecule has 0 aliphatic carbocycles. The number of thiocarbonyl (C=S) groups is 1. The summed E-state index contributed by atoms with van der Waals surface area (Å²) >= 11 is 11.6. The Kier molecular flexibility index (Phi) is 5.85. The van der Waals surface area contributed by atoms with Crippen molar-refractivity contribution < 1.29 is 4.74 Å². The van der Waals surface area contributed by atoms with Crippen LogP contribution in [0.4, 0.5) is 5.69 Å². The minimum Gasteiger partial charge on any atom is -0.496 e. The van der Waals surface area contributed by atoms with Gasteiger partial charge in [0.2, 0.25) is 0 Å². The molecule has 1 N–H and O–H groups in total. The van der Waals surface area contributed by atoms with E-state index in [0.717, 1.165) is 17.0 Å². The van der Waals surface area contributed by atoms with E-state index in [-0.39, 0.29) is 0 Å². The van der Waals surface area contributed by atoms with Gasteiger partial charge in [0.05, 0.1) is 7.11 Å². The maximum absolute atomic E-state index is 6.08. The highest BCUT2D eigenvalue weighted by Crippen LogP contribution is 2.24. The summed E-state index contributed by atoms with van der Waals surface area (Å²) in [5.74, 6) is 0.801. The second-order valence-electron chi connectivity index (χ2n) is 5.62. The highest BCUT2D eigenvalue weighted by molar-refractivity contribution is 7.80. The van der Waals surface area contributed by atoms with Gasteiger partial charge in [0.1, 0.15) is 5.75 Å². The van der Waals surface area contributed by atoms with Gasteiger partial charge >= 0.3 is 0 Å². The Bertz CT molecular complexity index is 698. The molecule has 0 aliphatic rings. The number of benzene rings is 2. The van der Waals surface area contributed by atoms with Crippen molar-refractivity contribution in [2.24, 2.45) is 0 Å². The molecule has 2 aromatic rings. The van der Waals surface area contributed by atoms with Crippen LogP contribution in [0.15, 0.2) is 36.4 Å². The first-order chi connectivity index (χ1) is 10.9. The summed E-state index contributed by atoms with van der Waals surface area (Å²) in [5, 5.41) is 4.61. The van der Waals surface area contributed by atoms with Crippen molar-refractivity contribution in [2.75, 3.05) is 19.5 Å². The van der Waals surface area contributed by atoms with E-state index in [1.807, 2.05) is 30.1 Å². The Hall–Kier alpha value is -1.78. The quantitative estimate of drug-likeness (QED) is 0.802. The molecule has 0 unspecified atom stereocenters. The smallest absolute Gasteiger partial charge is 0.173 e. The van der Waals surface area contributed by atoms with Crippen molar-refractivity contribution in [2.45, 2.75) is 20.4 Å². The summed E-state index contributed by atoms with van der Waals surface area (Å²) < 4.78 is 5.38. The third kappa shape index (κ3) is 4.85. The third-order valence-electron chi connectivity index (χ3n) is 3.47. The number of nitrogens with one attached hydrogen (secondary N) is 1. The summed E-state index contributed by atoms with van der Waals surface area (Å²) in [7, 11) is 3.59. The van der Waals surface area contributed by atoms with Gasteiger partial charge in [-0.3, -0.25) is 0 Å². The molecule has 0 heterocycles. The lowest BCUT2D eigenvalue weighted by Crippen LogP contribution is -2.30. The zero-order chi connectivity index (χ0) is 17.0. The molecule has 0 saturated carbocycles. The van der Waals surface area contributed by atoms with E-state index in [4.69, 9.17) is 28.6 Å². The number of ether oxygens (including phenoxy) is 1. The van der Waals surface area contributed by atoms with Gasteiger partial charge in [-0.05, 0) is 67.5 Å². The molecule has 0 bridgehead atoms. The predicted octanol–water partition coefficient (Wildman–Crippen LogP) is 4.79. The summed E-state index contributed by atoms with van der Waals surface area (Å²) in [6.45, 7) is 4.75. The molecule has 0 amide bonds. The SMILES string of the molecule is COc1ccc(Cl)cc1CN(C)C(=S)Nc1cc(C)cc(C)c1. The van der Waals surface area contributed by atoms with E-state index in [1.54, 1.807) is 7.11 Å². The molecular weight excluding hydrogens is 328 g/mol. The highest BCUT2D eigenvalue weighted by atomic mass is 35.5. The van der Waals surface area contributed by atoms with E-state index in [1.165, 1.54) is 11.1 Å². The molecule has 2 rings (SSSR count).